The van der Waals surface area contributed by atoms with E-state index in [1.807, 2.05) is 0 Å². The maximum atomic E-state index is 2.53. The molecule has 0 aromatic heterocycles. The lowest BCUT2D eigenvalue weighted by Gasteiger charge is -2.41. The molecule has 0 fully saturated rings. The van der Waals surface area contributed by atoms with Gasteiger partial charge in [-0.25, -0.2) is 0 Å². The predicted octanol–water partition coefficient (Wildman–Crippen LogP) is 16.2. The molecule has 0 unspecified atom stereocenters. The smallest absolute Gasteiger partial charge is 0.0488 e. The van der Waals surface area contributed by atoms with Crippen LogP contribution in [0.5, 0.6) is 0 Å². The number of hydrogen-bond acceptors (Lipinski definition) is 1. The fraction of sp³-hybridized carbons (Fsp3) is 0.103. The highest BCUT2D eigenvalue weighted by atomic mass is 15.2. The predicted molar refractivity (Wildman–Crippen MR) is 253 cm³/mol. The third-order valence-electron chi connectivity index (χ3n) is 11.9. The second-order valence-corrected chi connectivity index (χ2v) is 16.5. The molecule has 1 aliphatic rings. The summed E-state index contributed by atoms with van der Waals surface area (Å²) in [6, 6.07) is 72.7. The minimum Gasteiger partial charge on any atom is -0.313 e. The first-order valence-electron chi connectivity index (χ1n) is 20.7. The molecule has 1 aliphatic carbocycles. The molecular formula is C58H49N. The van der Waals surface area contributed by atoms with Crippen molar-refractivity contribution in [3.8, 4) is 55.6 Å². The number of allylic oxidation sites excluding steroid dienone is 4. The van der Waals surface area contributed by atoms with Gasteiger partial charge >= 0.3 is 0 Å². The van der Waals surface area contributed by atoms with Crippen LogP contribution in [0.3, 0.4) is 0 Å². The molecule has 0 N–H and O–H groups in total. The summed E-state index contributed by atoms with van der Waals surface area (Å²) in [5.74, 6) is 0. The summed E-state index contributed by atoms with van der Waals surface area (Å²) in [5.41, 5.74) is 20.9. The van der Waals surface area contributed by atoms with Crippen molar-refractivity contribution >= 4 is 16.9 Å². The molecule has 286 valence electrons. The number of aryl methyl sites for hydroxylation is 2. The van der Waals surface area contributed by atoms with E-state index in [0.29, 0.717) is 0 Å². The van der Waals surface area contributed by atoms with E-state index in [2.05, 4.69) is 245 Å². The van der Waals surface area contributed by atoms with Crippen molar-refractivity contribution in [2.75, 3.05) is 4.90 Å². The Kier molecular flexibility index (Phi) is 10.3. The highest BCUT2D eigenvalue weighted by Gasteiger charge is 2.34. The summed E-state index contributed by atoms with van der Waals surface area (Å²) in [4.78, 5) is 2.53. The Balaban J connectivity index is 1.09. The molecule has 0 saturated heterocycles. The molecule has 0 amide bonds. The van der Waals surface area contributed by atoms with Crippen molar-refractivity contribution in [3.63, 3.8) is 0 Å². The second-order valence-electron chi connectivity index (χ2n) is 16.5. The van der Waals surface area contributed by atoms with Crippen LogP contribution in [0.4, 0.5) is 11.4 Å². The Labute approximate surface area is 350 Å². The van der Waals surface area contributed by atoms with Crippen LogP contribution in [0.1, 0.15) is 37.0 Å². The second kappa shape index (κ2) is 16.1. The van der Waals surface area contributed by atoms with Crippen molar-refractivity contribution in [1.29, 1.82) is 0 Å². The first kappa shape index (κ1) is 37.6. The van der Waals surface area contributed by atoms with E-state index in [0.717, 1.165) is 6.42 Å². The van der Waals surface area contributed by atoms with Crippen LogP contribution in [-0.4, -0.2) is 0 Å². The van der Waals surface area contributed by atoms with E-state index >= 15 is 0 Å². The molecule has 1 nitrogen and oxygen atoms in total. The molecule has 59 heavy (non-hydrogen) atoms. The summed E-state index contributed by atoms with van der Waals surface area (Å²) in [6.45, 7) is 9.31. The van der Waals surface area contributed by atoms with Gasteiger partial charge in [-0.3, -0.25) is 0 Å². The molecule has 1 heteroatoms. The quantitative estimate of drug-likeness (QED) is 0.142. The Morgan fingerprint density at radius 2 is 0.644 bits per heavy atom. The topological polar surface area (TPSA) is 3.24 Å². The number of rotatable bonds is 9. The molecular weight excluding hydrogens is 711 g/mol. The van der Waals surface area contributed by atoms with Crippen molar-refractivity contribution in [3.05, 3.63) is 235 Å². The average Bonchev–Trinajstić information content (AvgIpc) is 3.28. The molecule has 0 heterocycles. The van der Waals surface area contributed by atoms with Crippen LogP contribution in [-0.2, 0) is 0 Å². The van der Waals surface area contributed by atoms with Crippen LogP contribution in [0.2, 0.25) is 0 Å². The van der Waals surface area contributed by atoms with Gasteiger partial charge in [0.25, 0.3) is 0 Å². The van der Waals surface area contributed by atoms with Gasteiger partial charge in [0.1, 0.15) is 0 Å². The molecule has 0 atom stereocenters. The molecule has 0 saturated carbocycles. The molecule has 0 radical (unpaired) electrons. The minimum atomic E-state index is -0.154. The standard InChI is InChI=1S/C58H49N/c1-41-38-52(49-26-20-46(21-27-49)43-14-8-5-9-15-43)32-35-55(41)59(56-36-33-53(39-42(56)2)50-28-22-47(23-29-50)44-16-10-6-11-17-44)57-37-34-54(40-58(57,3)4)51-30-24-48(25-31-51)45-18-12-7-13-19-45/h5-39H,40H2,1-4H3. The van der Waals surface area contributed by atoms with Crippen LogP contribution >= 0.6 is 0 Å². The van der Waals surface area contributed by atoms with Crippen LogP contribution in [0.25, 0.3) is 61.2 Å². The van der Waals surface area contributed by atoms with E-state index < -0.39 is 0 Å². The third-order valence-corrected chi connectivity index (χ3v) is 11.9. The Hall–Kier alpha value is -6.96. The Morgan fingerprint density at radius 1 is 0.339 bits per heavy atom. The van der Waals surface area contributed by atoms with Gasteiger partial charge in [-0.05, 0) is 129 Å². The van der Waals surface area contributed by atoms with E-state index in [-0.39, 0.29) is 5.41 Å². The lowest BCUT2D eigenvalue weighted by atomic mass is 9.76. The summed E-state index contributed by atoms with van der Waals surface area (Å²) < 4.78 is 0. The lowest BCUT2D eigenvalue weighted by Crippen LogP contribution is -2.31. The Morgan fingerprint density at radius 3 is 0.983 bits per heavy atom. The van der Waals surface area contributed by atoms with Gasteiger partial charge in [0.2, 0.25) is 0 Å². The highest BCUT2D eigenvalue weighted by Crippen LogP contribution is 2.48. The summed E-state index contributed by atoms with van der Waals surface area (Å²) in [5, 5.41) is 0. The number of benzene rings is 8. The zero-order chi connectivity index (χ0) is 40.3. The zero-order valence-electron chi connectivity index (χ0n) is 34.4. The van der Waals surface area contributed by atoms with Gasteiger partial charge < -0.3 is 4.90 Å². The number of anilines is 2. The monoisotopic (exact) mass is 759 g/mol. The first-order chi connectivity index (χ1) is 28.8. The van der Waals surface area contributed by atoms with Crippen molar-refractivity contribution < 1.29 is 0 Å². The fourth-order valence-electron chi connectivity index (χ4n) is 8.65. The van der Waals surface area contributed by atoms with E-state index in [4.69, 9.17) is 0 Å². The number of hydrogen-bond donors (Lipinski definition) is 0. The van der Waals surface area contributed by atoms with Gasteiger partial charge in [-0.2, -0.15) is 0 Å². The van der Waals surface area contributed by atoms with E-state index in [1.54, 1.807) is 0 Å². The summed E-state index contributed by atoms with van der Waals surface area (Å²) in [6.07, 6.45) is 5.64. The van der Waals surface area contributed by atoms with Crippen LogP contribution in [0, 0.1) is 19.3 Å². The Bertz CT molecular complexity index is 2640. The third kappa shape index (κ3) is 7.85. The number of nitrogens with zero attached hydrogens (tertiary/aromatic N) is 1. The largest absolute Gasteiger partial charge is 0.313 e. The molecule has 0 spiro atoms. The highest BCUT2D eigenvalue weighted by molar-refractivity contribution is 5.82. The fourth-order valence-corrected chi connectivity index (χ4v) is 8.65. The maximum Gasteiger partial charge on any atom is 0.0488 e. The van der Waals surface area contributed by atoms with Crippen molar-refractivity contribution in [2.24, 2.45) is 5.41 Å². The molecule has 8 aromatic rings. The minimum absolute atomic E-state index is 0.154. The van der Waals surface area contributed by atoms with Gasteiger partial charge in [0.05, 0.1) is 0 Å². The van der Waals surface area contributed by atoms with E-state index in [9.17, 15) is 0 Å². The van der Waals surface area contributed by atoms with Gasteiger partial charge in [-0.15, -0.1) is 0 Å². The average molecular weight is 760 g/mol. The van der Waals surface area contributed by atoms with Crippen LogP contribution < -0.4 is 4.90 Å². The zero-order valence-corrected chi connectivity index (χ0v) is 34.4. The molecule has 0 aliphatic heterocycles. The lowest BCUT2D eigenvalue weighted by molar-refractivity contribution is 0.448. The summed E-state index contributed by atoms with van der Waals surface area (Å²) >= 11 is 0. The van der Waals surface area contributed by atoms with Gasteiger partial charge in [0, 0.05) is 22.5 Å². The SMILES string of the molecule is Cc1cc(-c2ccc(-c3ccccc3)cc2)ccc1N(C1=CC=C(c2ccc(-c3ccccc3)cc2)CC1(C)C)c1ccc(-c2ccc(-c3ccccc3)cc2)cc1C. The summed E-state index contributed by atoms with van der Waals surface area (Å²) in [7, 11) is 0. The first-order valence-corrected chi connectivity index (χ1v) is 20.7. The van der Waals surface area contributed by atoms with Crippen molar-refractivity contribution in [2.45, 2.75) is 34.1 Å². The molecule has 8 aromatic carbocycles. The normalized spacial score (nSPS) is 13.4. The van der Waals surface area contributed by atoms with Crippen LogP contribution in [0.15, 0.2) is 218 Å². The molecule has 9 rings (SSSR count). The molecule has 0 bridgehead atoms. The van der Waals surface area contributed by atoms with Crippen molar-refractivity contribution in [1.82, 2.24) is 0 Å². The van der Waals surface area contributed by atoms with E-state index in [1.165, 1.54) is 95.0 Å². The van der Waals surface area contributed by atoms with Gasteiger partial charge in [0.15, 0.2) is 0 Å². The van der Waals surface area contributed by atoms with Gasteiger partial charge in [-0.1, -0.05) is 196 Å². The maximum absolute atomic E-state index is 2.53.